The monoisotopic (exact) mass is 203 g/mol. The summed E-state index contributed by atoms with van der Waals surface area (Å²) >= 11 is 7.03. The van der Waals surface area contributed by atoms with Crippen molar-refractivity contribution in [3.63, 3.8) is 0 Å². The van der Waals surface area contributed by atoms with E-state index in [1.54, 1.807) is 11.3 Å². The van der Waals surface area contributed by atoms with Gasteiger partial charge in [0, 0.05) is 17.2 Å². The van der Waals surface area contributed by atoms with Crippen LogP contribution in [0.5, 0.6) is 0 Å². The molecule has 66 valence electrons. The van der Waals surface area contributed by atoms with Crippen LogP contribution in [0.25, 0.3) is 0 Å². The van der Waals surface area contributed by atoms with Crippen LogP contribution in [0.2, 0.25) is 0 Å². The smallest absolute Gasteiger partial charge is 0.221 e. The molecule has 1 N–H and O–H groups in total. The summed E-state index contributed by atoms with van der Waals surface area (Å²) in [4.78, 5) is 12.1. The van der Waals surface area contributed by atoms with E-state index in [1.807, 2.05) is 17.5 Å². The second kappa shape index (κ2) is 5.17. The largest absolute Gasteiger partial charge is 0.351 e. The Kier molecular flexibility index (Phi) is 4.11. The van der Waals surface area contributed by atoms with Crippen molar-refractivity contribution >= 4 is 28.8 Å². The van der Waals surface area contributed by atoms with Crippen LogP contribution < -0.4 is 5.32 Å². The Bertz CT molecular complexity index is 235. The van der Waals surface area contributed by atoms with Gasteiger partial charge in [-0.3, -0.25) is 4.79 Å². The Balaban J connectivity index is 2.22. The van der Waals surface area contributed by atoms with E-state index < -0.39 is 0 Å². The first-order valence-corrected chi connectivity index (χ1v) is 5.09. The Labute approximate surface area is 80.5 Å². The molecule has 0 fully saturated rings. The molecule has 1 aromatic heterocycles. The van der Waals surface area contributed by atoms with Crippen molar-refractivity contribution in [2.75, 3.05) is 5.88 Å². The maximum Gasteiger partial charge on any atom is 0.221 e. The highest BCUT2D eigenvalue weighted by Crippen LogP contribution is 2.07. The number of rotatable bonds is 4. The first-order chi connectivity index (χ1) is 5.83. The second-order valence-electron chi connectivity index (χ2n) is 2.30. The molecule has 2 nitrogen and oxygen atoms in total. The summed E-state index contributed by atoms with van der Waals surface area (Å²) in [6.45, 7) is 0.618. The number of thiophene rings is 1. The fourth-order valence-corrected chi connectivity index (χ4v) is 1.59. The summed E-state index contributed by atoms with van der Waals surface area (Å²) in [7, 11) is 0. The Morgan fingerprint density at radius 2 is 2.50 bits per heavy atom. The molecule has 0 unspecified atom stereocenters. The molecule has 4 heteroatoms. The van der Waals surface area contributed by atoms with Crippen molar-refractivity contribution in [2.45, 2.75) is 13.0 Å². The number of alkyl halides is 1. The van der Waals surface area contributed by atoms with Gasteiger partial charge in [-0.25, -0.2) is 0 Å². The van der Waals surface area contributed by atoms with E-state index in [0.29, 0.717) is 18.8 Å². The SMILES string of the molecule is O=C(CCCl)NCc1cccs1. The van der Waals surface area contributed by atoms with Crippen LogP contribution in [-0.4, -0.2) is 11.8 Å². The van der Waals surface area contributed by atoms with Crippen LogP contribution in [0.4, 0.5) is 0 Å². The third-order valence-corrected chi connectivity index (χ3v) is 2.43. The minimum absolute atomic E-state index is 0.0124. The molecule has 0 aromatic carbocycles. The standard InChI is InChI=1S/C8H10ClNOS/c9-4-3-8(11)10-6-7-2-1-5-12-7/h1-2,5H,3-4,6H2,(H,10,11). The lowest BCUT2D eigenvalue weighted by atomic mass is 10.4. The van der Waals surface area contributed by atoms with Gasteiger partial charge in [-0.15, -0.1) is 22.9 Å². The van der Waals surface area contributed by atoms with E-state index >= 15 is 0 Å². The van der Waals surface area contributed by atoms with Crippen LogP contribution in [0, 0.1) is 0 Å². The molecule has 0 aliphatic heterocycles. The van der Waals surface area contributed by atoms with Gasteiger partial charge in [0.05, 0.1) is 6.54 Å². The molecule has 1 heterocycles. The van der Waals surface area contributed by atoms with Crippen molar-refractivity contribution in [3.8, 4) is 0 Å². The molecule has 0 spiro atoms. The van der Waals surface area contributed by atoms with Crippen molar-refractivity contribution in [3.05, 3.63) is 22.4 Å². The van der Waals surface area contributed by atoms with Gasteiger partial charge in [-0.05, 0) is 11.4 Å². The summed E-state index contributed by atoms with van der Waals surface area (Å²) in [6, 6.07) is 3.96. The fraction of sp³-hybridized carbons (Fsp3) is 0.375. The van der Waals surface area contributed by atoms with Crippen LogP contribution in [-0.2, 0) is 11.3 Å². The maximum absolute atomic E-state index is 10.9. The summed E-state index contributed by atoms with van der Waals surface area (Å²) in [6.07, 6.45) is 0.396. The van der Waals surface area contributed by atoms with Crippen molar-refractivity contribution in [2.24, 2.45) is 0 Å². The number of nitrogens with one attached hydrogen (secondary N) is 1. The third-order valence-electron chi connectivity index (χ3n) is 1.36. The molecule has 1 amide bonds. The third kappa shape index (κ3) is 3.24. The van der Waals surface area contributed by atoms with Crippen LogP contribution in [0.3, 0.4) is 0 Å². The van der Waals surface area contributed by atoms with Crippen LogP contribution >= 0.6 is 22.9 Å². The number of carbonyl (C=O) groups excluding carboxylic acids is 1. The molecule has 1 rings (SSSR count). The highest BCUT2D eigenvalue weighted by Gasteiger charge is 1.99. The normalized spacial score (nSPS) is 9.75. The van der Waals surface area contributed by atoms with Crippen molar-refractivity contribution < 1.29 is 4.79 Å². The second-order valence-corrected chi connectivity index (χ2v) is 3.71. The van der Waals surface area contributed by atoms with Crippen LogP contribution in [0.15, 0.2) is 17.5 Å². The average Bonchev–Trinajstić information content (AvgIpc) is 2.53. The molecule has 0 radical (unpaired) electrons. The lowest BCUT2D eigenvalue weighted by molar-refractivity contribution is -0.120. The predicted octanol–water partition coefficient (Wildman–Crippen LogP) is 1.99. The predicted molar refractivity (Wildman–Crippen MR) is 51.5 cm³/mol. The summed E-state index contributed by atoms with van der Waals surface area (Å²) in [5.74, 6) is 0.398. The Morgan fingerprint density at radius 1 is 1.67 bits per heavy atom. The fourth-order valence-electron chi connectivity index (χ4n) is 0.773. The molecule has 0 saturated heterocycles. The van der Waals surface area contributed by atoms with Crippen molar-refractivity contribution in [1.82, 2.24) is 5.32 Å². The van der Waals surface area contributed by atoms with Gasteiger partial charge < -0.3 is 5.32 Å². The molecule has 12 heavy (non-hydrogen) atoms. The molecule has 0 atom stereocenters. The van der Waals surface area contributed by atoms with Gasteiger partial charge in [-0.1, -0.05) is 6.07 Å². The molecule has 1 aromatic rings. The van der Waals surface area contributed by atoms with E-state index in [1.165, 1.54) is 0 Å². The molecule has 0 saturated carbocycles. The minimum atomic E-state index is 0.0124. The summed E-state index contributed by atoms with van der Waals surface area (Å²) in [5.41, 5.74) is 0. The highest BCUT2D eigenvalue weighted by molar-refractivity contribution is 7.09. The Morgan fingerprint density at radius 3 is 3.08 bits per heavy atom. The topological polar surface area (TPSA) is 29.1 Å². The maximum atomic E-state index is 10.9. The number of halogens is 1. The molecule has 0 aliphatic carbocycles. The molecular formula is C8H10ClNOS. The summed E-state index contributed by atoms with van der Waals surface area (Å²) in [5, 5.41) is 4.76. The lowest BCUT2D eigenvalue weighted by Crippen LogP contribution is -2.22. The van der Waals surface area contributed by atoms with Gasteiger partial charge in [-0.2, -0.15) is 0 Å². The van der Waals surface area contributed by atoms with Gasteiger partial charge in [0.15, 0.2) is 0 Å². The van der Waals surface area contributed by atoms with Gasteiger partial charge >= 0.3 is 0 Å². The first-order valence-electron chi connectivity index (χ1n) is 3.68. The van der Waals surface area contributed by atoms with Gasteiger partial charge in [0.2, 0.25) is 5.91 Å². The number of carbonyl (C=O) groups is 1. The van der Waals surface area contributed by atoms with Gasteiger partial charge in [0.25, 0.3) is 0 Å². The van der Waals surface area contributed by atoms with Crippen LogP contribution in [0.1, 0.15) is 11.3 Å². The molecular weight excluding hydrogens is 194 g/mol. The summed E-state index contributed by atoms with van der Waals surface area (Å²) < 4.78 is 0. The average molecular weight is 204 g/mol. The number of hydrogen-bond acceptors (Lipinski definition) is 2. The first kappa shape index (κ1) is 9.55. The van der Waals surface area contributed by atoms with E-state index in [4.69, 9.17) is 11.6 Å². The molecule has 0 bridgehead atoms. The minimum Gasteiger partial charge on any atom is -0.351 e. The zero-order valence-electron chi connectivity index (χ0n) is 6.55. The van der Waals surface area contributed by atoms with E-state index in [-0.39, 0.29) is 5.91 Å². The van der Waals surface area contributed by atoms with E-state index in [0.717, 1.165) is 4.88 Å². The van der Waals surface area contributed by atoms with E-state index in [2.05, 4.69) is 5.32 Å². The van der Waals surface area contributed by atoms with Crippen molar-refractivity contribution in [1.29, 1.82) is 0 Å². The zero-order chi connectivity index (χ0) is 8.81. The number of amides is 1. The highest BCUT2D eigenvalue weighted by atomic mass is 35.5. The lowest BCUT2D eigenvalue weighted by Gasteiger charge is -2.00. The van der Waals surface area contributed by atoms with E-state index in [9.17, 15) is 4.79 Å². The Hall–Kier alpha value is -0.540. The molecule has 0 aliphatic rings. The quantitative estimate of drug-likeness (QED) is 0.746. The van der Waals surface area contributed by atoms with Gasteiger partial charge in [0.1, 0.15) is 0 Å². The zero-order valence-corrected chi connectivity index (χ0v) is 8.12. The number of hydrogen-bond donors (Lipinski definition) is 1.